The number of quaternary nitrogens is 1. The van der Waals surface area contributed by atoms with E-state index in [-0.39, 0.29) is 23.2 Å². The van der Waals surface area contributed by atoms with Gasteiger partial charge in [0.2, 0.25) is 0 Å². The van der Waals surface area contributed by atoms with Gasteiger partial charge >= 0.3 is 17.1 Å². The van der Waals surface area contributed by atoms with E-state index in [1.165, 1.54) is 0 Å². The van der Waals surface area contributed by atoms with Gasteiger partial charge in [-0.1, -0.05) is 0 Å². The number of hydrogen-bond acceptors (Lipinski definition) is 2. The van der Waals surface area contributed by atoms with Gasteiger partial charge in [0.1, 0.15) is 0 Å². The van der Waals surface area contributed by atoms with Crippen molar-refractivity contribution in [2.45, 2.75) is 0 Å². The normalized spacial score (nSPS) is 2.40. The zero-order valence-electron chi connectivity index (χ0n) is 2.70. The molecule has 0 bridgehead atoms. The second-order valence-corrected chi connectivity index (χ2v) is 0.0962. The summed E-state index contributed by atoms with van der Waals surface area (Å²) >= 11 is 0. The van der Waals surface area contributed by atoms with Gasteiger partial charge in [-0.05, 0) is 0 Å². The third-order valence-corrected chi connectivity index (χ3v) is 0. The zero-order valence-corrected chi connectivity index (χ0v) is 3.64. The van der Waals surface area contributed by atoms with E-state index in [9.17, 15) is 0 Å². The Morgan fingerprint density at radius 3 is 1.60 bits per heavy atom. The average Bonchev–Trinajstić information content (AvgIpc) is 0.918. The van der Waals surface area contributed by atoms with Crippen LogP contribution in [0.3, 0.4) is 0 Å². The molecule has 0 aliphatic heterocycles. The molecule has 0 fully saturated rings. The summed E-state index contributed by atoms with van der Waals surface area (Å²) in [6.45, 7) is -0.500. The Kier molecular flexibility index (Phi) is 155. The topological polar surface area (TPSA) is 76.6 Å². The SMILES string of the molecule is O=C[O-].[Cu+].[NH4+]. The van der Waals surface area contributed by atoms with Crippen LogP contribution in [0.5, 0.6) is 0 Å². The van der Waals surface area contributed by atoms with Crippen LogP contribution in [-0.2, 0) is 21.9 Å². The van der Waals surface area contributed by atoms with Crippen LogP contribution in [0.25, 0.3) is 0 Å². The van der Waals surface area contributed by atoms with Crippen LogP contribution in [0.2, 0.25) is 0 Å². The number of hydrogen-bond donors (Lipinski definition) is 1. The summed E-state index contributed by atoms with van der Waals surface area (Å²) < 4.78 is 0. The summed E-state index contributed by atoms with van der Waals surface area (Å²) in [4.78, 5) is 8.25. The van der Waals surface area contributed by atoms with Gasteiger partial charge in [-0.3, -0.25) is 0 Å². The predicted molar refractivity (Wildman–Crippen MR) is 12.0 cm³/mol. The van der Waals surface area contributed by atoms with Crippen molar-refractivity contribution in [3.8, 4) is 0 Å². The van der Waals surface area contributed by atoms with E-state index >= 15 is 0 Å². The molecule has 3 nitrogen and oxygen atoms in total. The molecule has 0 heterocycles. The van der Waals surface area contributed by atoms with Gasteiger partial charge in [0.05, 0.1) is 0 Å². The summed E-state index contributed by atoms with van der Waals surface area (Å²) in [6.07, 6.45) is 0. The van der Waals surface area contributed by atoms with Crippen LogP contribution >= 0.6 is 0 Å². The van der Waals surface area contributed by atoms with E-state index in [0.717, 1.165) is 0 Å². The Labute approximate surface area is 40.4 Å². The first-order chi connectivity index (χ1) is 1.41. The molecule has 0 amide bonds. The van der Waals surface area contributed by atoms with E-state index < -0.39 is 6.47 Å². The summed E-state index contributed by atoms with van der Waals surface area (Å²) in [6, 6.07) is 0. The van der Waals surface area contributed by atoms with Gasteiger partial charge in [-0.15, -0.1) is 0 Å². The summed E-state index contributed by atoms with van der Waals surface area (Å²) in [5, 5.41) is 8.25. The largest absolute Gasteiger partial charge is 1.00 e. The van der Waals surface area contributed by atoms with Crippen LogP contribution in [0, 0.1) is 0 Å². The molecule has 0 aliphatic carbocycles. The Hall–Kier alpha value is -0.0505. The van der Waals surface area contributed by atoms with E-state index in [4.69, 9.17) is 9.90 Å². The fraction of sp³-hybridized carbons (Fsp3) is 0. The van der Waals surface area contributed by atoms with E-state index in [1.54, 1.807) is 0 Å². The van der Waals surface area contributed by atoms with Crippen molar-refractivity contribution in [2.75, 3.05) is 0 Å². The van der Waals surface area contributed by atoms with Crippen LogP contribution in [0.4, 0.5) is 0 Å². The maximum Gasteiger partial charge on any atom is 1.00 e. The Balaban J connectivity index is -0.0000000200. The van der Waals surface area contributed by atoms with Crippen LogP contribution in [0.15, 0.2) is 0 Å². The molecule has 0 radical (unpaired) electrons. The van der Waals surface area contributed by atoms with Crippen LogP contribution in [0.1, 0.15) is 0 Å². The second kappa shape index (κ2) is 38.1. The molecule has 0 atom stereocenters. The number of carboxylic acid groups (broad SMARTS) is 1. The minimum Gasteiger partial charge on any atom is -0.554 e. The first-order valence-electron chi connectivity index (χ1n) is 0.471. The van der Waals surface area contributed by atoms with E-state index in [1.807, 2.05) is 0 Å². The summed E-state index contributed by atoms with van der Waals surface area (Å²) in [7, 11) is 0. The van der Waals surface area contributed by atoms with Gasteiger partial charge in [-0.2, -0.15) is 0 Å². The quantitative estimate of drug-likeness (QED) is 0.325. The molecule has 0 aromatic carbocycles. The van der Waals surface area contributed by atoms with Gasteiger partial charge in [0.25, 0.3) is 0 Å². The molecule has 0 aromatic rings. The summed E-state index contributed by atoms with van der Waals surface area (Å²) in [5.41, 5.74) is 0. The molecule has 36 valence electrons. The predicted octanol–water partition coefficient (Wildman–Crippen LogP) is -1.26. The van der Waals surface area contributed by atoms with Gasteiger partial charge in [0, 0.05) is 6.47 Å². The first kappa shape index (κ1) is 20.3. The molecule has 5 heavy (non-hydrogen) atoms. The smallest absolute Gasteiger partial charge is 0.554 e. The fourth-order valence-corrected chi connectivity index (χ4v) is 0. The Morgan fingerprint density at radius 1 is 1.60 bits per heavy atom. The zero-order chi connectivity index (χ0) is 2.71. The molecular formula is CH5CuNO2+. The number of rotatable bonds is 0. The Morgan fingerprint density at radius 2 is 1.60 bits per heavy atom. The van der Waals surface area contributed by atoms with E-state index in [0.29, 0.717) is 0 Å². The number of carbonyl (C=O) groups is 1. The van der Waals surface area contributed by atoms with Crippen molar-refractivity contribution < 1.29 is 27.0 Å². The average molecular weight is 127 g/mol. The minimum absolute atomic E-state index is 0. The summed E-state index contributed by atoms with van der Waals surface area (Å²) in [5.74, 6) is 0. The van der Waals surface area contributed by atoms with Crippen LogP contribution in [-0.4, -0.2) is 6.47 Å². The molecule has 4 heteroatoms. The maximum absolute atomic E-state index is 8.25. The van der Waals surface area contributed by atoms with Crippen molar-refractivity contribution >= 4 is 6.47 Å². The third-order valence-electron chi connectivity index (χ3n) is 0. The van der Waals surface area contributed by atoms with Crippen molar-refractivity contribution in [3.63, 3.8) is 0 Å². The maximum atomic E-state index is 8.25. The van der Waals surface area contributed by atoms with Crippen LogP contribution < -0.4 is 11.3 Å². The third kappa shape index (κ3) is 5880. The monoisotopic (exact) mass is 126 g/mol. The van der Waals surface area contributed by atoms with Crippen molar-refractivity contribution in [1.29, 1.82) is 0 Å². The minimum atomic E-state index is -0.500. The standard InChI is InChI=1S/CH2O2.Cu.H3N/c2-1-3;;/h1H,(H,2,3);;1H3/q;+1;. The molecule has 0 spiro atoms. The number of carbonyl (C=O) groups excluding carboxylic acids is 1. The molecule has 4 N–H and O–H groups in total. The van der Waals surface area contributed by atoms with Gasteiger partial charge < -0.3 is 16.1 Å². The van der Waals surface area contributed by atoms with E-state index in [2.05, 4.69) is 0 Å². The molecule has 0 unspecified atom stereocenters. The second-order valence-electron chi connectivity index (χ2n) is 0.0962. The molecule has 0 aliphatic rings. The molecule has 0 aromatic heterocycles. The van der Waals surface area contributed by atoms with Crippen molar-refractivity contribution in [1.82, 2.24) is 6.15 Å². The van der Waals surface area contributed by atoms with Gasteiger partial charge in [0.15, 0.2) is 0 Å². The Bertz CT molecular complexity index is 17.1. The molecule has 0 rings (SSSR count). The molecular weight excluding hydrogens is 122 g/mol. The molecule has 0 saturated heterocycles. The van der Waals surface area contributed by atoms with Gasteiger partial charge in [-0.25, -0.2) is 0 Å². The fourth-order valence-electron chi connectivity index (χ4n) is 0. The van der Waals surface area contributed by atoms with Crippen molar-refractivity contribution in [3.05, 3.63) is 0 Å². The molecule has 0 saturated carbocycles. The first-order valence-corrected chi connectivity index (χ1v) is 0.471. The van der Waals surface area contributed by atoms with Crippen molar-refractivity contribution in [2.24, 2.45) is 0 Å².